The van der Waals surface area contributed by atoms with Gasteiger partial charge in [-0.05, 0) is 70.6 Å². The molecule has 2 unspecified atom stereocenters. The average Bonchev–Trinajstić information content (AvgIpc) is 3.23. The lowest BCUT2D eigenvalue weighted by Gasteiger charge is -2.20. The fourth-order valence-corrected chi connectivity index (χ4v) is 6.42. The van der Waals surface area contributed by atoms with E-state index in [1.807, 2.05) is 54.7 Å². The Morgan fingerprint density at radius 2 is 1.13 bits per heavy atom. The van der Waals surface area contributed by atoms with Crippen LogP contribution in [0.15, 0.2) is 85.1 Å². The molecule has 344 valence electrons. The molecule has 0 aromatic rings. The molecular formula is C48H81O11P. The van der Waals surface area contributed by atoms with E-state index in [-0.39, 0.29) is 19.4 Å². The molecule has 0 spiro atoms. The summed E-state index contributed by atoms with van der Waals surface area (Å²) in [7, 11) is -4.66. The molecule has 0 aliphatic heterocycles. The molecule has 0 aliphatic carbocycles. The van der Waals surface area contributed by atoms with Crippen LogP contribution in [-0.4, -0.2) is 76.9 Å². The molecule has 0 saturated carbocycles. The van der Waals surface area contributed by atoms with E-state index in [9.17, 15) is 29.3 Å². The monoisotopic (exact) mass is 865 g/mol. The number of carbonyl (C=O) groups excluding carboxylic acids is 2. The number of hydrogen-bond donors (Lipinski definition) is 4. The van der Waals surface area contributed by atoms with Gasteiger partial charge in [0.1, 0.15) is 12.7 Å². The Morgan fingerprint density at radius 3 is 1.78 bits per heavy atom. The highest BCUT2D eigenvalue weighted by atomic mass is 31.2. The Morgan fingerprint density at radius 1 is 0.583 bits per heavy atom. The predicted octanol–water partition coefficient (Wildman–Crippen LogP) is 11.2. The third-order valence-electron chi connectivity index (χ3n) is 9.13. The Labute approximate surface area is 363 Å². The Kier molecular flexibility index (Phi) is 40.7. The van der Waals surface area contributed by atoms with E-state index >= 15 is 0 Å². The zero-order valence-electron chi connectivity index (χ0n) is 37.0. The van der Waals surface area contributed by atoms with Crippen LogP contribution in [0.1, 0.15) is 162 Å². The van der Waals surface area contributed by atoms with Crippen molar-refractivity contribution in [1.82, 2.24) is 0 Å². The van der Waals surface area contributed by atoms with Crippen LogP contribution < -0.4 is 0 Å². The van der Waals surface area contributed by atoms with Gasteiger partial charge in [-0.1, -0.05) is 163 Å². The minimum atomic E-state index is -4.66. The van der Waals surface area contributed by atoms with Gasteiger partial charge < -0.3 is 29.7 Å². The maximum atomic E-state index is 12.6. The van der Waals surface area contributed by atoms with E-state index in [0.717, 1.165) is 44.9 Å². The maximum Gasteiger partial charge on any atom is 0.472 e. The van der Waals surface area contributed by atoms with Crippen molar-refractivity contribution >= 4 is 19.8 Å². The van der Waals surface area contributed by atoms with Gasteiger partial charge in [-0.2, -0.15) is 0 Å². The molecule has 0 fully saturated rings. The van der Waals surface area contributed by atoms with Gasteiger partial charge >= 0.3 is 19.8 Å². The highest BCUT2D eigenvalue weighted by Gasteiger charge is 2.27. The first-order chi connectivity index (χ1) is 29.1. The summed E-state index contributed by atoms with van der Waals surface area (Å²) in [5.74, 6) is -1.06. The van der Waals surface area contributed by atoms with Crippen LogP contribution >= 0.6 is 7.82 Å². The highest BCUT2D eigenvalue weighted by molar-refractivity contribution is 7.47. The first kappa shape index (κ1) is 57.1. The Balaban J connectivity index is 4.47. The summed E-state index contributed by atoms with van der Waals surface area (Å²) in [6.45, 7) is 2.08. The number of aliphatic hydroxyl groups excluding tert-OH is 3. The zero-order valence-corrected chi connectivity index (χ0v) is 37.9. The number of aliphatic hydroxyl groups is 3. The number of allylic oxidation sites excluding steroid dienone is 12. The summed E-state index contributed by atoms with van der Waals surface area (Å²) < 4.78 is 32.6. The van der Waals surface area contributed by atoms with Crippen molar-refractivity contribution in [3.63, 3.8) is 0 Å². The number of rotatable bonds is 41. The minimum absolute atomic E-state index is 0.0310. The zero-order chi connectivity index (χ0) is 44.2. The van der Waals surface area contributed by atoms with Gasteiger partial charge in [-0.25, -0.2) is 4.57 Å². The van der Waals surface area contributed by atoms with Crippen LogP contribution in [0.4, 0.5) is 0 Å². The topological polar surface area (TPSA) is 169 Å². The maximum absolute atomic E-state index is 12.6. The van der Waals surface area contributed by atoms with E-state index in [4.69, 9.17) is 19.1 Å². The fourth-order valence-electron chi connectivity index (χ4n) is 5.63. The van der Waals surface area contributed by atoms with Crippen molar-refractivity contribution in [3.05, 3.63) is 85.1 Å². The second-order valence-electron chi connectivity index (χ2n) is 14.9. The van der Waals surface area contributed by atoms with E-state index in [1.54, 1.807) is 6.08 Å². The summed E-state index contributed by atoms with van der Waals surface area (Å²) in [5.41, 5.74) is 0. The summed E-state index contributed by atoms with van der Waals surface area (Å²) in [6.07, 6.45) is 47.3. The molecule has 0 rings (SSSR count). The number of phosphoric ester groups is 1. The van der Waals surface area contributed by atoms with Gasteiger partial charge in [-0.15, -0.1) is 0 Å². The van der Waals surface area contributed by atoms with Gasteiger partial charge in [-0.3, -0.25) is 18.6 Å². The quantitative estimate of drug-likeness (QED) is 0.0152. The normalized spacial score (nSPS) is 15.1. The second kappa shape index (κ2) is 42.8. The summed E-state index contributed by atoms with van der Waals surface area (Å²) in [4.78, 5) is 35.0. The molecule has 0 bridgehead atoms. The molecule has 4 atom stereocenters. The summed E-state index contributed by atoms with van der Waals surface area (Å²) in [6, 6.07) is 0. The van der Waals surface area contributed by atoms with Crippen molar-refractivity contribution in [2.45, 2.75) is 180 Å². The second-order valence-corrected chi connectivity index (χ2v) is 16.3. The highest BCUT2D eigenvalue weighted by Crippen LogP contribution is 2.43. The molecule has 0 aromatic carbocycles. The smallest absolute Gasteiger partial charge is 0.462 e. The summed E-state index contributed by atoms with van der Waals surface area (Å²) >= 11 is 0. The SMILES string of the molecule is CC/C=C\C/C=C\CC(O)/C=C/C=C\C/C=C\C/C=C\CCC(=O)O[C@H](COC(=O)CCCCCCCCC/C=C\CCCCCCCC)COP(=O)(O)OC[C@@H](O)CO. The molecule has 60 heavy (non-hydrogen) atoms. The van der Waals surface area contributed by atoms with Crippen molar-refractivity contribution in [2.24, 2.45) is 0 Å². The van der Waals surface area contributed by atoms with Gasteiger partial charge in [0.25, 0.3) is 0 Å². The number of phosphoric acid groups is 1. The number of hydrogen-bond acceptors (Lipinski definition) is 10. The van der Waals surface area contributed by atoms with E-state index < -0.39 is 57.9 Å². The van der Waals surface area contributed by atoms with Crippen LogP contribution in [0.5, 0.6) is 0 Å². The van der Waals surface area contributed by atoms with E-state index in [2.05, 4.69) is 42.7 Å². The minimum Gasteiger partial charge on any atom is -0.462 e. The first-order valence-corrected chi connectivity index (χ1v) is 24.1. The van der Waals surface area contributed by atoms with Crippen LogP contribution in [0.3, 0.4) is 0 Å². The lowest BCUT2D eigenvalue weighted by Crippen LogP contribution is -2.29. The van der Waals surface area contributed by atoms with Crippen LogP contribution in [0.25, 0.3) is 0 Å². The lowest BCUT2D eigenvalue weighted by molar-refractivity contribution is -0.161. The van der Waals surface area contributed by atoms with Crippen LogP contribution in [0, 0.1) is 0 Å². The van der Waals surface area contributed by atoms with Crippen LogP contribution in [0.2, 0.25) is 0 Å². The number of unbranched alkanes of at least 4 members (excludes halogenated alkanes) is 13. The standard InChI is InChI=1S/C48H81O11P/c1-3-5-7-9-11-12-13-14-15-16-17-18-19-23-26-30-34-38-47(52)56-42-46(43-58-60(54,55)57-41-45(51)40-49)59-48(53)39-35-31-27-24-21-20-22-25-29-33-37-44(50)36-32-28-10-8-6-4-2/h6,8,14-15,20-21,25,27-29,31-33,37,44-46,49-51H,3-5,7,9-13,16-19,22-24,26,30,34-36,38-43H2,1-2H3,(H,54,55)/b8-6-,15-14-,21-20-,29-25-,31-27-,32-28-,37-33+/t44?,45-,46+/m0/s1. The third-order valence-corrected chi connectivity index (χ3v) is 10.1. The van der Waals surface area contributed by atoms with Gasteiger partial charge in [0.15, 0.2) is 6.10 Å². The van der Waals surface area contributed by atoms with E-state index in [0.29, 0.717) is 25.7 Å². The van der Waals surface area contributed by atoms with Crippen molar-refractivity contribution < 1.29 is 52.9 Å². The molecule has 12 heteroatoms. The van der Waals surface area contributed by atoms with Gasteiger partial charge in [0.2, 0.25) is 0 Å². The van der Waals surface area contributed by atoms with Crippen molar-refractivity contribution in [1.29, 1.82) is 0 Å². The van der Waals surface area contributed by atoms with Gasteiger partial charge in [0, 0.05) is 12.8 Å². The molecular weight excluding hydrogens is 783 g/mol. The number of esters is 2. The number of ether oxygens (including phenoxy) is 2. The van der Waals surface area contributed by atoms with Crippen molar-refractivity contribution in [3.8, 4) is 0 Å². The summed E-state index contributed by atoms with van der Waals surface area (Å²) in [5, 5.41) is 28.3. The fraction of sp³-hybridized carbons (Fsp3) is 0.667. The number of carbonyl (C=O) groups is 2. The average molecular weight is 865 g/mol. The molecule has 0 aromatic heterocycles. The van der Waals surface area contributed by atoms with E-state index in [1.165, 1.54) is 64.2 Å². The van der Waals surface area contributed by atoms with Crippen molar-refractivity contribution in [2.75, 3.05) is 26.4 Å². The largest absolute Gasteiger partial charge is 0.472 e. The molecule has 0 amide bonds. The molecule has 0 heterocycles. The molecule has 0 radical (unpaired) electrons. The third kappa shape index (κ3) is 41.8. The molecule has 0 aliphatic rings. The van der Waals surface area contributed by atoms with Gasteiger partial charge in [0.05, 0.1) is 25.9 Å². The lowest BCUT2D eigenvalue weighted by atomic mass is 10.1. The Bertz CT molecular complexity index is 1290. The first-order valence-electron chi connectivity index (χ1n) is 22.7. The molecule has 0 saturated heterocycles. The van der Waals surface area contributed by atoms with Crippen LogP contribution in [-0.2, 0) is 32.7 Å². The Hall–Kier alpha value is -2.89. The molecule has 4 N–H and O–H groups in total. The molecule has 11 nitrogen and oxygen atoms in total. The predicted molar refractivity (Wildman–Crippen MR) is 243 cm³/mol.